The van der Waals surface area contributed by atoms with Crippen LogP contribution in [0, 0.1) is 0 Å². The zero-order valence-corrected chi connectivity index (χ0v) is 14.7. The summed E-state index contributed by atoms with van der Waals surface area (Å²) in [6, 6.07) is 3.01. The topological polar surface area (TPSA) is 91.8 Å². The molecule has 1 amide bonds. The number of nitrogens with one attached hydrogen (secondary N) is 1. The van der Waals surface area contributed by atoms with Gasteiger partial charge >= 0.3 is 0 Å². The lowest BCUT2D eigenvalue weighted by Gasteiger charge is -2.26. The van der Waals surface area contributed by atoms with Gasteiger partial charge in [0.25, 0.3) is 0 Å². The van der Waals surface area contributed by atoms with Gasteiger partial charge in [0.2, 0.25) is 15.9 Å². The van der Waals surface area contributed by atoms with Gasteiger partial charge in [-0.1, -0.05) is 0 Å². The number of hydrogen-bond acceptors (Lipinski definition) is 6. The second kappa shape index (κ2) is 9.07. The number of morpholine rings is 1. The molecule has 0 aromatic carbocycles. The Morgan fingerprint density at radius 3 is 2.83 bits per heavy atom. The van der Waals surface area contributed by atoms with Gasteiger partial charge in [0.1, 0.15) is 4.90 Å². The first-order chi connectivity index (χ1) is 11.5. The van der Waals surface area contributed by atoms with Crippen LogP contribution in [0.5, 0.6) is 0 Å². The third-order valence-corrected chi connectivity index (χ3v) is 5.57. The minimum absolute atomic E-state index is 0.0765. The Morgan fingerprint density at radius 1 is 1.42 bits per heavy atom. The molecule has 0 radical (unpaired) electrons. The van der Waals surface area contributed by atoms with Crippen LogP contribution in [0.2, 0.25) is 0 Å². The van der Waals surface area contributed by atoms with Crippen molar-refractivity contribution in [2.45, 2.75) is 11.3 Å². The second-order valence-corrected chi connectivity index (χ2v) is 7.65. The summed E-state index contributed by atoms with van der Waals surface area (Å²) in [7, 11) is -2.31. The summed E-state index contributed by atoms with van der Waals surface area (Å²) in [5.74, 6) is -0.313. The Kier molecular flexibility index (Phi) is 7.10. The van der Waals surface area contributed by atoms with Crippen molar-refractivity contribution < 1.29 is 17.9 Å². The van der Waals surface area contributed by atoms with Crippen LogP contribution >= 0.6 is 0 Å². The van der Waals surface area contributed by atoms with Crippen LogP contribution < -0.4 is 5.32 Å². The van der Waals surface area contributed by atoms with E-state index in [2.05, 4.69) is 15.2 Å². The zero-order valence-electron chi connectivity index (χ0n) is 13.8. The largest absolute Gasteiger partial charge is 0.379 e. The van der Waals surface area contributed by atoms with Gasteiger partial charge in [0, 0.05) is 39.1 Å². The number of nitrogens with zero attached hydrogens (tertiary/aromatic N) is 3. The number of pyridine rings is 1. The molecular formula is C15H24N4O4S. The highest BCUT2D eigenvalue weighted by Gasteiger charge is 2.22. The summed E-state index contributed by atoms with van der Waals surface area (Å²) in [6.45, 7) is 4.55. The minimum Gasteiger partial charge on any atom is -0.379 e. The van der Waals surface area contributed by atoms with E-state index < -0.39 is 10.0 Å². The van der Waals surface area contributed by atoms with Crippen LogP contribution in [-0.2, 0) is 19.6 Å². The van der Waals surface area contributed by atoms with E-state index in [4.69, 9.17) is 4.74 Å². The number of hydrogen-bond donors (Lipinski definition) is 1. The van der Waals surface area contributed by atoms with E-state index in [0.717, 1.165) is 43.6 Å². The fourth-order valence-electron chi connectivity index (χ4n) is 2.38. The summed E-state index contributed by atoms with van der Waals surface area (Å²) in [5.41, 5.74) is 0. The molecule has 8 nitrogen and oxygen atoms in total. The number of carbonyl (C=O) groups is 1. The Morgan fingerprint density at radius 2 is 2.17 bits per heavy atom. The monoisotopic (exact) mass is 356 g/mol. The maximum absolute atomic E-state index is 12.3. The maximum Gasteiger partial charge on any atom is 0.244 e. The Balaban J connectivity index is 1.71. The average molecular weight is 356 g/mol. The number of amides is 1. The molecule has 0 atom stereocenters. The number of rotatable bonds is 8. The normalized spacial score (nSPS) is 16.2. The fourth-order valence-corrected chi connectivity index (χ4v) is 3.47. The highest BCUT2D eigenvalue weighted by molar-refractivity contribution is 7.89. The van der Waals surface area contributed by atoms with E-state index in [0.29, 0.717) is 6.54 Å². The van der Waals surface area contributed by atoms with Crippen molar-refractivity contribution in [2.24, 2.45) is 0 Å². The molecule has 1 aliphatic heterocycles. The molecule has 1 saturated heterocycles. The number of likely N-dealkylation sites (N-methyl/N-ethyl adjacent to an activating group) is 1. The summed E-state index contributed by atoms with van der Waals surface area (Å²) in [6.07, 6.45) is 3.59. The Labute approximate surface area is 142 Å². The van der Waals surface area contributed by atoms with E-state index in [1.807, 2.05) is 0 Å². The van der Waals surface area contributed by atoms with Gasteiger partial charge in [-0.3, -0.25) is 14.7 Å². The van der Waals surface area contributed by atoms with Crippen LogP contribution in [0.4, 0.5) is 0 Å². The lowest BCUT2D eigenvalue weighted by atomic mass is 10.3. The summed E-state index contributed by atoms with van der Waals surface area (Å²) >= 11 is 0. The average Bonchev–Trinajstić information content (AvgIpc) is 2.60. The molecule has 0 bridgehead atoms. The number of sulfonamides is 1. The molecule has 134 valence electrons. The zero-order chi connectivity index (χ0) is 17.4. The van der Waals surface area contributed by atoms with Crippen LogP contribution in [0.15, 0.2) is 29.4 Å². The van der Waals surface area contributed by atoms with Crippen molar-refractivity contribution in [3.05, 3.63) is 24.5 Å². The predicted octanol–water partition coefficient (Wildman–Crippen LogP) is -0.459. The molecule has 1 fully saturated rings. The summed E-state index contributed by atoms with van der Waals surface area (Å²) in [4.78, 5) is 18.1. The van der Waals surface area contributed by atoms with Crippen LogP contribution in [0.3, 0.4) is 0 Å². The maximum atomic E-state index is 12.3. The van der Waals surface area contributed by atoms with E-state index in [1.54, 1.807) is 6.07 Å². The van der Waals surface area contributed by atoms with Gasteiger partial charge in [-0.05, 0) is 25.1 Å². The van der Waals surface area contributed by atoms with E-state index in [1.165, 1.54) is 25.5 Å². The molecular weight excluding hydrogens is 332 g/mol. The first-order valence-corrected chi connectivity index (χ1v) is 9.37. The third kappa shape index (κ3) is 5.52. The number of ether oxygens (including phenoxy) is 1. The highest BCUT2D eigenvalue weighted by Crippen LogP contribution is 2.11. The quantitative estimate of drug-likeness (QED) is 0.634. The molecule has 1 aromatic heterocycles. The van der Waals surface area contributed by atoms with Gasteiger partial charge < -0.3 is 10.1 Å². The van der Waals surface area contributed by atoms with Crippen molar-refractivity contribution in [1.82, 2.24) is 19.5 Å². The highest BCUT2D eigenvalue weighted by atomic mass is 32.2. The summed E-state index contributed by atoms with van der Waals surface area (Å²) < 4.78 is 30.9. The van der Waals surface area contributed by atoms with Crippen molar-refractivity contribution >= 4 is 15.9 Å². The molecule has 9 heteroatoms. The first-order valence-electron chi connectivity index (χ1n) is 7.93. The van der Waals surface area contributed by atoms with Gasteiger partial charge in [-0.2, -0.15) is 4.31 Å². The summed E-state index contributed by atoms with van der Waals surface area (Å²) in [5, 5.41) is 2.76. The Bertz CT molecular complexity index is 618. The minimum atomic E-state index is -3.69. The number of carbonyl (C=O) groups excluding carboxylic acids is 1. The van der Waals surface area contributed by atoms with Gasteiger partial charge in [0.05, 0.1) is 19.8 Å². The van der Waals surface area contributed by atoms with Crippen LogP contribution in [0.1, 0.15) is 6.42 Å². The fraction of sp³-hybridized carbons (Fsp3) is 0.600. The molecule has 0 aliphatic carbocycles. The third-order valence-electron chi connectivity index (χ3n) is 3.79. The standard InChI is InChI=1S/C15H24N4O4S/c1-18(24(21,22)14-4-2-5-16-12-14)13-15(20)17-6-3-7-19-8-10-23-11-9-19/h2,4-5,12H,3,6-11,13H2,1H3,(H,17,20). The Hall–Kier alpha value is -1.55. The first kappa shape index (κ1) is 18.8. The van der Waals surface area contributed by atoms with Crippen molar-refractivity contribution in [2.75, 3.05) is 53.0 Å². The second-order valence-electron chi connectivity index (χ2n) is 5.61. The van der Waals surface area contributed by atoms with Gasteiger partial charge in [-0.25, -0.2) is 8.42 Å². The molecule has 1 N–H and O–H groups in total. The van der Waals surface area contributed by atoms with Crippen molar-refractivity contribution in [3.8, 4) is 0 Å². The smallest absolute Gasteiger partial charge is 0.244 e. The molecule has 0 spiro atoms. The van der Waals surface area contributed by atoms with Gasteiger partial charge in [-0.15, -0.1) is 0 Å². The lowest BCUT2D eigenvalue weighted by Crippen LogP contribution is -2.40. The van der Waals surface area contributed by atoms with Crippen molar-refractivity contribution in [1.29, 1.82) is 0 Å². The van der Waals surface area contributed by atoms with Crippen molar-refractivity contribution in [3.63, 3.8) is 0 Å². The van der Waals surface area contributed by atoms with Gasteiger partial charge in [0.15, 0.2) is 0 Å². The van der Waals surface area contributed by atoms with E-state index >= 15 is 0 Å². The molecule has 2 heterocycles. The SMILES string of the molecule is CN(CC(=O)NCCCN1CCOCC1)S(=O)(=O)c1cccnc1. The molecule has 0 saturated carbocycles. The predicted molar refractivity (Wildman–Crippen MR) is 88.9 cm³/mol. The van der Waals surface area contributed by atoms with Crippen LogP contribution in [-0.4, -0.2) is 81.5 Å². The molecule has 1 aromatic rings. The number of aromatic nitrogens is 1. The lowest BCUT2D eigenvalue weighted by molar-refractivity contribution is -0.121. The molecule has 0 unspecified atom stereocenters. The molecule has 24 heavy (non-hydrogen) atoms. The van der Waals surface area contributed by atoms with Crippen LogP contribution in [0.25, 0.3) is 0 Å². The molecule has 2 rings (SSSR count). The van der Waals surface area contributed by atoms with E-state index in [-0.39, 0.29) is 17.3 Å². The van der Waals surface area contributed by atoms with E-state index in [9.17, 15) is 13.2 Å². The molecule has 1 aliphatic rings.